The molecular weight excluding hydrogens is 523 g/mol. The minimum absolute atomic E-state index is 1.27. The average Bonchev–Trinajstić information content (AvgIpc) is 3.57. The SMILES string of the molecule is c1ccc([Si](c2ccccc2)(c2ccccc2)c2cc3c4ccccc4n4c5cc6ccccc6cc5c(c2)c34)cc1. The first-order valence-electron chi connectivity index (χ1n) is 14.6. The number of para-hydroxylation sites is 1. The number of nitrogens with zero attached hydrogens (tertiary/aromatic N) is 1. The van der Waals surface area contributed by atoms with E-state index in [1.807, 2.05) is 0 Å². The van der Waals surface area contributed by atoms with Crippen molar-refractivity contribution in [3.8, 4) is 0 Å². The van der Waals surface area contributed by atoms with Gasteiger partial charge in [-0.3, -0.25) is 0 Å². The Hall–Kier alpha value is -5.18. The fourth-order valence-electron chi connectivity index (χ4n) is 7.46. The van der Waals surface area contributed by atoms with E-state index in [4.69, 9.17) is 0 Å². The lowest BCUT2D eigenvalue weighted by molar-refractivity contribution is 1.37. The van der Waals surface area contributed by atoms with Crippen LogP contribution in [0.2, 0.25) is 0 Å². The van der Waals surface area contributed by atoms with Crippen molar-refractivity contribution >= 4 is 77.7 Å². The Morgan fingerprint density at radius 3 is 1.40 bits per heavy atom. The lowest BCUT2D eigenvalue weighted by atomic mass is 10.0. The van der Waals surface area contributed by atoms with Crippen molar-refractivity contribution in [2.45, 2.75) is 0 Å². The zero-order valence-corrected chi connectivity index (χ0v) is 24.0. The largest absolute Gasteiger partial charge is 0.308 e. The van der Waals surface area contributed by atoms with Gasteiger partial charge in [0.15, 0.2) is 8.07 Å². The van der Waals surface area contributed by atoms with Gasteiger partial charge in [0.05, 0.1) is 16.6 Å². The molecule has 0 bridgehead atoms. The number of hydrogen-bond donors (Lipinski definition) is 0. The van der Waals surface area contributed by atoms with Crippen molar-refractivity contribution in [1.29, 1.82) is 0 Å². The fourth-order valence-corrected chi connectivity index (χ4v) is 12.3. The molecule has 0 aliphatic carbocycles. The third kappa shape index (κ3) is 3.13. The van der Waals surface area contributed by atoms with E-state index in [9.17, 15) is 0 Å². The van der Waals surface area contributed by atoms with E-state index in [0.717, 1.165) is 0 Å². The van der Waals surface area contributed by atoms with Crippen LogP contribution < -0.4 is 20.7 Å². The Morgan fingerprint density at radius 2 is 0.810 bits per heavy atom. The van der Waals surface area contributed by atoms with Gasteiger partial charge in [-0.05, 0) is 49.7 Å². The van der Waals surface area contributed by atoms with Crippen LogP contribution in [0.4, 0.5) is 0 Å². The van der Waals surface area contributed by atoms with E-state index in [-0.39, 0.29) is 0 Å². The van der Waals surface area contributed by atoms with Gasteiger partial charge < -0.3 is 4.40 Å². The molecule has 1 nitrogen and oxygen atoms in total. The first kappa shape index (κ1) is 23.5. The number of fused-ring (bicyclic) bond motifs is 7. The summed E-state index contributed by atoms with van der Waals surface area (Å²) in [5.41, 5.74) is 3.87. The highest BCUT2D eigenvalue weighted by molar-refractivity contribution is 7.20. The van der Waals surface area contributed by atoms with Crippen LogP contribution in [0.15, 0.2) is 164 Å². The van der Waals surface area contributed by atoms with Gasteiger partial charge in [0.25, 0.3) is 0 Å². The van der Waals surface area contributed by atoms with Gasteiger partial charge in [-0.1, -0.05) is 146 Å². The molecule has 0 saturated heterocycles. The molecule has 42 heavy (non-hydrogen) atoms. The van der Waals surface area contributed by atoms with Crippen LogP contribution in [0.25, 0.3) is 48.9 Å². The normalized spacial score (nSPS) is 12.3. The van der Waals surface area contributed by atoms with Crippen LogP contribution in [0, 0.1) is 0 Å². The summed E-state index contributed by atoms with van der Waals surface area (Å²) in [7, 11) is -2.69. The molecule has 0 spiro atoms. The number of benzene rings is 7. The number of hydrogen-bond acceptors (Lipinski definition) is 0. The van der Waals surface area contributed by atoms with Crippen molar-refractivity contribution in [2.75, 3.05) is 0 Å². The van der Waals surface area contributed by atoms with Gasteiger partial charge in [0.2, 0.25) is 0 Å². The zero-order valence-electron chi connectivity index (χ0n) is 23.0. The minimum atomic E-state index is -2.69. The highest BCUT2D eigenvalue weighted by Gasteiger charge is 2.42. The molecule has 9 aromatic rings. The average molecular weight is 550 g/mol. The molecule has 0 N–H and O–H groups in total. The summed E-state index contributed by atoms with van der Waals surface area (Å²) in [4.78, 5) is 0. The van der Waals surface area contributed by atoms with Crippen molar-refractivity contribution in [2.24, 2.45) is 0 Å². The van der Waals surface area contributed by atoms with Crippen molar-refractivity contribution in [3.63, 3.8) is 0 Å². The molecule has 0 radical (unpaired) electrons. The maximum absolute atomic E-state index is 2.69. The van der Waals surface area contributed by atoms with Gasteiger partial charge in [-0.25, -0.2) is 0 Å². The highest BCUT2D eigenvalue weighted by atomic mass is 28.3. The zero-order chi connectivity index (χ0) is 27.7. The van der Waals surface area contributed by atoms with Crippen LogP contribution in [0.1, 0.15) is 0 Å². The van der Waals surface area contributed by atoms with Crippen molar-refractivity contribution in [1.82, 2.24) is 4.40 Å². The minimum Gasteiger partial charge on any atom is -0.308 e. The van der Waals surface area contributed by atoms with Gasteiger partial charge >= 0.3 is 0 Å². The molecule has 7 aromatic carbocycles. The quantitative estimate of drug-likeness (QED) is 0.160. The third-order valence-corrected chi connectivity index (χ3v) is 14.0. The molecule has 196 valence electrons. The molecule has 0 unspecified atom stereocenters. The molecule has 2 heterocycles. The Bertz CT molecular complexity index is 2290. The standard InChI is InChI=1S/C40H27NSi/c1-4-16-30(17-5-1)42(31-18-6-2-7-19-31,32-20-8-3-9-21-32)33-26-36-34-22-12-13-23-38(34)41-39-25-29-15-11-10-14-28(29)24-35(39)37(27-33)40(36)41/h1-27H. The van der Waals surface area contributed by atoms with Crippen molar-refractivity contribution < 1.29 is 0 Å². The van der Waals surface area contributed by atoms with E-state index in [2.05, 4.69) is 168 Å². The maximum Gasteiger partial charge on any atom is 0.179 e. The molecule has 0 aliphatic rings. The Labute approximate surface area is 245 Å². The lowest BCUT2D eigenvalue weighted by Crippen LogP contribution is -2.74. The summed E-state index contributed by atoms with van der Waals surface area (Å²) >= 11 is 0. The number of rotatable bonds is 4. The van der Waals surface area contributed by atoms with Crippen LogP contribution in [-0.4, -0.2) is 12.5 Å². The molecule has 0 saturated carbocycles. The molecule has 0 atom stereocenters. The van der Waals surface area contributed by atoms with Gasteiger partial charge in [-0.15, -0.1) is 0 Å². The molecule has 2 aromatic heterocycles. The summed E-state index contributed by atoms with van der Waals surface area (Å²) in [5.74, 6) is 0. The summed E-state index contributed by atoms with van der Waals surface area (Å²) in [6, 6.07) is 61.2. The van der Waals surface area contributed by atoms with Crippen LogP contribution >= 0.6 is 0 Å². The Morgan fingerprint density at radius 1 is 0.333 bits per heavy atom. The van der Waals surface area contributed by atoms with Crippen LogP contribution in [0.3, 0.4) is 0 Å². The Kier molecular flexibility index (Phi) is 4.99. The molecule has 0 aliphatic heterocycles. The van der Waals surface area contributed by atoms with Crippen LogP contribution in [-0.2, 0) is 0 Å². The smallest absolute Gasteiger partial charge is 0.179 e. The molecule has 0 fully saturated rings. The maximum atomic E-state index is 2.54. The van der Waals surface area contributed by atoms with E-state index >= 15 is 0 Å². The van der Waals surface area contributed by atoms with Gasteiger partial charge in [0, 0.05) is 21.5 Å². The second kappa shape index (κ2) is 8.91. The third-order valence-electron chi connectivity index (χ3n) is 9.22. The molecule has 0 amide bonds. The summed E-state index contributed by atoms with van der Waals surface area (Å²) in [6.45, 7) is 0. The predicted molar refractivity (Wildman–Crippen MR) is 182 cm³/mol. The first-order valence-corrected chi connectivity index (χ1v) is 16.6. The molecular formula is C40H27NSi. The van der Waals surface area contributed by atoms with E-state index in [0.29, 0.717) is 0 Å². The molecule has 2 heteroatoms. The summed E-state index contributed by atoms with van der Waals surface area (Å²) in [6.07, 6.45) is 0. The predicted octanol–water partition coefficient (Wildman–Crippen LogP) is 7.37. The summed E-state index contributed by atoms with van der Waals surface area (Å²) in [5, 5.41) is 13.5. The number of aromatic nitrogens is 1. The topological polar surface area (TPSA) is 4.41 Å². The van der Waals surface area contributed by atoms with Crippen LogP contribution in [0.5, 0.6) is 0 Å². The summed E-state index contributed by atoms with van der Waals surface area (Å²) < 4.78 is 2.50. The van der Waals surface area contributed by atoms with Crippen molar-refractivity contribution in [3.05, 3.63) is 164 Å². The van der Waals surface area contributed by atoms with E-state index < -0.39 is 8.07 Å². The second-order valence-electron chi connectivity index (χ2n) is 11.3. The first-order chi connectivity index (χ1) is 20.8. The fraction of sp³-hybridized carbons (Fsp3) is 0. The van der Waals surface area contributed by atoms with Gasteiger partial charge in [-0.2, -0.15) is 0 Å². The van der Waals surface area contributed by atoms with Gasteiger partial charge in [0.1, 0.15) is 0 Å². The van der Waals surface area contributed by atoms with E-state index in [1.165, 1.54) is 69.6 Å². The highest BCUT2D eigenvalue weighted by Crippen LogP contribution is 2.40. The second-order valence-corrected chi connectivity index (χ2v) is 15.1. The monoisotopic (exact) mass is 549 g/mol. The van der Waals surface area contributed by atoms with E-state index in [1.54, 1.807) is 0 Å². The lowest BCUT2D eigenvalue weighted by Gasteiger charge is -2.34. The molecule has 9 rings (SSSR count). The Balaban J connectivity index is 1.52.